The summed E-state index contributed by atoms with van der Waals surface area (Å²) in [7, 11) is 0. The van der Waals surface area contributed by atoms with Gasteiger partial charge in [0.25, 0.3) is 0 Å². The number of halogens is 1. The summed E-state index contributed by atoms with van der Waals surface area (Å²) in [5.41, 5.74) is 5.32. The summed E-state index contributed by atoms with van der Waals surface area (Å²) in [5, 5.41) is 2.61. The number of hydrogen-bond acceptors (Lipinski definition) is 4. The van der Waals surface area contributed by atoms with Gasteiger partial charge in [0, 0.05) is 13.0 Å². The summed E-state index contributed by atoms with van der Waals surface area (Å²) in [6, 6.07) is -0.502. The van der Waals surface area contributed by atoms with E-state index < -0.39 is 6.04 Å². The van der Waals surface area contributed by atoms with Crippen molar-refractivity contribution >= 4 is 24.3 Å². The Bertz CT molecular complexity index is 198. The molecule has 0 aromatic carbocycles. The van der Waals surface area contributed by atoms with Gasteiger partial charge in [0.1, 0.15) is 0 Å². The molecule has 6 heteroatoms. The lowest BCUT2D eigenvalue weighted by molar-refractivity contribution is -0.143. The molecule has 0 unspecified atom stereocenters. The maximum absolute atomic E-state index is 11.0. The molecule has 0 aliphatic rings. The van der Waals surface area contributed by atoms with E-state index >= 15 is 0 Å². The van der Waals surface area contributed by atoms with Crippen LogP contribution in [0.5, 0.6) is 0 Å². The molecule has 0 rings (SSSR count). The Labute approximate surface area is 96.1 Å². The van der Waals surface area contributed by atoms with E-state index in [1.165, 1.54) is 0 Å². The van der Waals surface area contributed by atoms with E-state index in [0.717, 1.165) is 0 Å². The lowest BCUT2D eigenvalue weighted by atomic mass is 10.3. The summed E-state index contributed by atoms with van der Waals surface area (Å²) >= 11 is 0. The molecular weight excluding hydrogens is 220 g/mol. The molecule has 90 valence electrons. The Balaban J connectivity index is 0. The molecule has 3 N–H and O–H groups in total. The van der Waals surface area contributed by atoms with Gasteiger partial charge in [-0.3, -0.25) is 9.59 Å². The number of rotatable bonds is 6. The summed E-state index contributed by atoms with van der Waals surface area (Å²) in [6.45, 7) is 4.22. The minimum atomic E-state index is -0.502. The Morgan fingerprint density at radius 2 is 2.07 bits per heavy atom. The average molecular weight is 239 g/mol. The lowest BCUT2D eigenvalue weighted by Crippen LogP contribution is -2.38. The van der Waals surface area contributed by atoms with Crippen LogP contribution in [0.2, 0.25) is 0 Å². The summed E-state index contributed by atoms with van der Waals surface area (Å²) in [5.74, 6) is -0.434. The molecule has 0 aromatic rings. The van der Waals surface area contributed by atoms with Crippen molar-refractivity contribution in [3.8, 4) is 0 Å². The standard InChI is InChI=1S/C9H18N2O3.ClH/c1-3-14-8(12)5-4-6-11-9(13)7(2)10;/h7H,3-6,10H2,1-2H3,(H,11,13);1H/t7-;/m0./s1. The van der Waals surface area contributed by atoms with Crippen molar-refractivity contribution < 1.29 is 14.3 Å². The van der Waals surface area contributed by atoms with Crippen molar-refractivity contribution in [2.45, 2.75) is 32.7 Å². The molecule has 0 aliphatic carbocycles. The number of nitrogens with two attached hydrogens (primary N) is 1. The first-order chi connectivity index (χ1) is 6.57. The molecule has 15 heavy (non-hydrogen) atoms. The number of nitrogens with one attached hydrogen (secondary N) is 1. The molecule has 0 aliphatic heterocycles. The van der Waals surface area contributed by atoms with Gasteiger partial charge < -0.3 is 15.8 Å². The number of hydrogen-bond donors (Lipinski definition) is 2. The summed E-state index contributed by atoms with van der Waals surface area (Å²) < 4.78 is 4.72. The molecule has 0 heterocycles. The van der Waals surface area contributed by atoms with E-state index in [0.29, 0.717) is 26.0 Å². The molecule has 0 radical (unpaired) electrons. The SMILES string of the molecule is CCOC(=O)CCCNC(=O)[C@H](C)N.Cl. The first-order valence-electron chi connectivity index (χ1n) is 4.76. The summed E-state index contributed by atoms with van der Waals surface area (Å²) in [4.78, 5) is 21.8. The largest absolute Gasteiger partial charge is 0.466 e. The van der Waals surface area contributed by atoms with Crippen LogP contribution in [-0.4, -0.2) is 31.1 Å². The van der Waals surface area contributed by atoms with Gasteiger partial charge >= 0.3 is 5.97 Å². The van der Waals surface area contributed by atoms with Gasteiger partial charge in [-0.15, -0.1) is 12.4 Å². The summed E-state index contributed by atoms with van der Waals surface area (Å²) in [6.07, 6.45) is 0.907. The Kier molecular flexibility index (Phi) is 10.8. The number of esters is 1. The maximum Gasteiger partial charge on any atom is 0.305 e. The number of carbonyl (C=O) groups is 2. The highest BCUT2D eigenvalue weighted by molar-refractivity contribution is 5.85. The monoisotopic (exact) mass is 238 g/mol. The topological polar surface area (TPSA) is 81.4 Å². The first-order valence-corrected chi connectivity index (χ1v) is 4.76. The van der Waals surface area contributed by atoms with Gasteiger partial charge in [0.2, 0.25) is 5.91 Å². The van der Waals surface area contributed by atoms with Crippen molar-refractivity contribution in [2.75, 3.05) is 13.2 Å². The third kappa shape index (κ3) is 9.49. The van der Waals surface area contributed by atoms with Crippen LogP contribution in [0.25, 0.3) is 0 Å². The molecule has 0 spiro atoms. The Morgan fingerprint density at radius 1 is 1.47 bits per heavy atom. The minimum absolute atomic E-state index is 0. The van der Waals surface area contributed by atoms with Crippen LogP contribution in [0.3, 0.4) is 0 Å². The highest BCUT2D eigenvalue weighted by Crippen LogP contribution is 1.91. The zero-order valence-corrected chi connectivity index (χ0v) is 9.93. The van der Waals surface area contributed by atoms with Crippen LogP contribution in [0.4, 0.5) is 0 Å². The molecular formula is C9H19ClN2O3. The maximum atomic E-state index is 11.0. The predicted molar refractivity (Wildman–Crippen MR) is 59.8 cm³/mol. The molecule has 1 amide bonds. The van der Waals surface area contributed by atoms with E-state index in [4.69, 9.17) is 10.5 Å². The molecule has 0 aromatic heterocycles. The van der Waals surface area contributed by atoms with Crippen LogP contribution in [0, 0.1) is 0 Å². The second-order valence-electron chi connectivity index (χ2n) is 2.99. The van der Waals surface area contributed by atoms with Crippen molar-refractivity contribution in [1.82, 2.24) is 5.32 Å². The lowest BCUT2D eigenvalue weighted by Gasteiger charge is -2.06. The molecule has 0 saturated heterocycles. The van der Waals surface area contributed by atoms with Crippen LogP contribution in [-0.2, 0) is 14.3 Å². The van der Waals surface area contributed by atoms with Crippen LogP contribution in [0.15, 0.2) is 0 Å². The zero-order chi connectivity index (χ0) is 11.0. The molecule has 0 saturated carbocycles. The fourth-order valence-electron chi connectivity index (χ4n) is 0.838. The second-order valence-corrected chi connectivity index (χ2v) is 2.99. The molecule has 1 atom stereocenters. The smallest absolute Gasteiger partial charge is 0.305 e. The van der Waals surface area contributed by atoms with Crippen LogP contribution >= 0.6 is 12.4 Å². The van der Waals surface area contributed by atoms with Gasteiger partial charge in [-0.2, -0.15) is 0 Å². The number of carbonyl (C=O) groups excluding carboxylic acids is 2. The van der Waals surface area contributed by atoms with Gasteiger partial charge in [-0.25, -0.2) is 0 Å². The van der Waals surface area contributed by atoms with E-state index in [1.54, 1.807) is 13.8 Å². The van der Waals surface area contributed by atoms with Crippen molar-refractivity contribution in [2.24, 2.45) is 5.73 Å². The van der Waals surface area contributed by atoms with Crippen molar-refractivity contribution in [1.29, 1.82) is 0 Å². The zero-order valence-electron chi connectivity index (χ0n) is 9.12. The van der Waals surface area contributed by atoms with Gasteiger partial charge in [-0.05, 0) is 20.3 Å². The minimum Gasteiger partial charge on any atom is -0.466 e. The Hall–Kier alpha value is -0.810. The van der Waals surface area contributed by atoms with E-state index in [2.05, 4.69) is 5.32 Å². The fraction of sp³-hybridized carbons (Fsp3) is 0.778. The third-order valence-corrected chi connectivity index (χ3v) is 1.58. The quantitative estimate of drug-likeness (QED) is 0.512. The van der Waals surface area contributed by atoms with Crippen molar-refractivity contribution in [3.63, 3.8) is 0 Å². The third-order valence-electron chi connectivity index (χ3n) is 1.58. The van der Waals surface area contributed by atoms with Crippen molar-refractivity contribution in [3.05, 3.63) is 0 Å². The highest BCUT2D eigenvalue weighted by atomic mass is 35.5. The van der Waals surface area contributed by atoms with Gasteiger partial charge in [0.15, 0.2) is 0 Å². The fourth-order valence-corrected chi connectivity index (χ4v) is 0.838. The van der Waals surface area contributed by atoms with E-state index in [9.17, 15) is 9.59 Å². The van der Waals surface area contributed by atoms with Crippen LogP contribution < -0.4 is 11.1 Å². The van der Waals surface area contributed by atoms with E-state index in [1.807, 2.05) is 0 Å². The normalized spacial score (nSPS) is 11.1. The highest BCUT2D eigenvalue weighted by Gasteiger charge is 2.06. The van der Waals surface area contributed by atoms with Crippen LogP contribution in [0.1, 0.15) is 26.7 Å². The average Bonchev–Trinajstić information content (AvgIpc) is 2.12. The molecule has 0 bridgehead atoms. The van der Waals surface area contributed by atoms with Gasteiger partial charge in [0.05, 0.1) is 12.6 Å². The number of ether oxygens (including phenoxy) is 1. The van der Waals surface area contributed by atoms with Gasteiger partial charge in [-0.1, -0.05) is 0 Å². The number of amides is 1. The molecule has 5 nitrogen and oxygen atoms in total. The second kappa shape index (κ2) is 9.73. The van der Waals surface area contributed by atoms with E-state index in [-0.39, 0.29) is 24.3 Å². The molecule has 0 fully saturated rings. The predicted octanol–water partition coefficient (Wildman–Crippen LogP) is 0.215. The first kappa shape index (κ1) is 16.6. The Morgan fingerprint density at radius 3 is 2.53 bits per heavy atom.